The van der Waals surface area contributed by atoms with Crippen molar-refractivity contribution in [1.29, 1.82) is 0 Å². The minimum absolute atomic E-state index is 0.0304. The first kappa shape index (κ1) is 9.42. The standard InChI is InChI=1S/C10H15NO4/c1-2-14-10(13)11-6-3-5(12)4-7(11)9-8(6)15-9/h5-9,12H,2-4H2,1H3/t5?,6?,7?,8-,9?/m1/s1. The minimum Gasteiger partial charge on any atom is -0.450 e. The summed E-state index contributed by atoms with van der Waals surface area (Å²) in [6, 6.07) is 0.0607. The Kier molecular flexibility index (Phi) is 1.94. The number of aliphatic hydroxyl groups is 1. The van der Waals surface area contributed by atoms with E-state index < -0.39 is 0 Å². The van der Waals surface area contributed by atoms with Gasteiger partial charge in [-0.1, -0.05) is 0 Å². The van der Waals surface area contributed by atoms with Crippen molar-refractivity contribution in [3.05, 3.63) is 0 Å². The summed E-state index contributed by atoms with van der Waals surface area (Å²) in [5, 5.41) is 9.62. The maximum atomic E-state index is 11.7. The molecule has 3 aliphatic heterocycles. The Morgan fingerprint density at radius 1 is 1.47 bits per heavy atom. The molecule has 2 bridgehead atoms. The molecule has 4 unspecified atom stereocenters. The first-order chi connectivity index (χ1) is 7.22. The molecule has 3 saturated heterocycles. The van der Waals surface area contributed by atoms with Crippen molar-refractivity contribution in [1.82, 2.24) is 4.90 Å². The molecule has 0 radical (unpaired) electrons. The van der Waals surface area contributed by atoms with Crippen LogP contribution in [0.1, 0.15) is 19.8 Å². The molecular formula is C10H15NO4. The second-order valence-electron chi connectivity index (χ2n) is 4.43. The second-order valence-corrected chi connectivity index (χ2v) is 4.43. The molecule has 3 aliphatic rings. The predicted molar refractivity (Wildman–Crippen MR) is 50.3 cm³/mol. The number of epoxide rings is 1. The third-order valence-electron chi connectivity index (χ3n) is 3.54. The summed E-state index contributed by atoms with van der Waals surface area (Å²) in [5.41, 5.74) is 0. The smallest absolute Gasteiger partial charge is 0.410 e. The molecule has 3 rings (SSSR count). The number of rotatable bonds is 1. The number of amides is 1. The van der Waals surface area contributed by atoms with Gasteiger partial charge in [0.1, 0.15) is 12.2 Å². The number of hydrogen-bond donors (Lipinski definition) is 1. The minimum atomic E-state index is -0.290. The quantitative estimate of drug-likeness (QED) is 0.628. The molecule has 3 fully saturated rings. The average Bonchev–Trinajstić information content (AvgIpc) is 2.91. The van der Waals surface area contributed by atoms with Gasteiger partial charge in [-0.25, -0.2) is 4.79 Å². The van der Waals surface area contributed by atoms with Crippen LogP contribution in [0, 0.1) is 0 Å². The van der Waals surface area contributed by atoms with Crippen LogP contribution in [0.3, 0.4) is 0 Å². The zero-order chi connectivity index (χ0) is 10.6. The van der Waals surface area contributed by atoms with Crippen LogP contribution in [0.4, 0.5) is 4.79 Å². The van der Waals surface area contributed by atoms with E-state index in [0.717, 1.165) is 0 Å². The second kappa shape index (κ2) is 3.09. The van der Waals surface area contributed by atoms with E-state index in [1.54, 1.807) is 11.8 Å². The Morgan fingerprint density at radius 3 is 2.60 bits per heavy atom. The molecule has 3 heterocycles. The lowest BCUT2D eigenvalue weighted by molar-refractivity contribution is -0.0123. The Balaban J connectivity index is 1.78. The predicted octanol–water partition coefficient (Wildman–Crippen LogP) is 0.118. The summed E-state index contributed by atoms with van der Waals surface area (Å²) in [6.07, 6.45) is 0.998. The summed E-state index contributed by atoms with van der Waals surface area (Å²) < 4.78 is 10.5. The molecule has 0 aromatic carbocycles. The monoisotopic (exact) mass is 213 g/mol. The van der Waals surface area contributed by atoms with Crippen LogP contribution < -0.4 is 0 Å². The Bertz CT molecular complexity index is 277. The molecule has 15 heavy (non-hydrogen) atoms. The Morgan fingerprint density at radius 2 is 2.07 bits per heavy atom. The Hall–Kier alpha value is -0.810. The topological polar surface area (TPSA) is 62.3 Å². The number of carbonyl (C=O) groups excluding carboxylic acids is 1. The number of hydrogen-bond acceptors (Lipinski definition) is 4. The number of fused-ring (bicyclic) bond motifs is 5. The van der Waals surface area contributed by atoms with Gasteiger partial charge in [-0.3, -0.25) is 4.90 Å². The van der Waals surface area contributed by atoms with Crippen LogP contribution >= 0.6 is 0 Å². The van der Waals surface area contributed by atoms with E-state index in [1.165, 1.54) is 0 Å². The summed E-state index contributed by atoms with van der Waals surface area (Å²) >= 11 is 0. The normalized spacial score (nSPS) is 46.3. The van der Waals surface area contributed by atoms with Crippen molar-refractivity contribution in [2.24, 2.45) is 0 Å². The zero-order valence-corrected chi connectivity index (χ0v) is 8.63. The molecule has 0 aliphatic carbocycles. The van der Waals surface area contributed by atoms with Gasteiger partial charge in [-0.15, -0.1) is 0 Å². The summed E-state index contributed by atoms with van der Waals surface area (Å²) in [7, 11) is 0. The van der Waals surface area contributed by atoms with Gasteiger partial charge in [-0.05, 0) is 19.8 Å². The highest BCUT2D eigenvalue weighted by Gasteiger charge is 2.65. The molecule has 1 N–H and O–H groups in total. The van der Waals surface area contributed by atoms with Gasteiger partial charge in [0, 0.05) is 0 Å². The van der Waals surface area contributed by atoms with Gasteiger partial charge in [-0.2, -0.15) is 0 Å². The maximum Gasteiger partial charge on any atom is 0.410 e. The SMILES string of the molecule is CCOC(=O)N1C2CC(O)CC1[C@H]1OC21. The maximum absolute atomic E-state index is 11.7. The number of piperidine rings is 1. The van der Waals surface area contributed by atoms with E-state index in [4.69, 9.17) is 9.47 Å². The van der Waals surface area contributed by atoms with Crippen LogP contribution in [0.25, 0.3) is 0 Å². The first-order valence-corrected chi connectivity index (χ1v) is 5.51. The fourth-order valence-corrected chi connectivity index (χ4v) is 2.94. The third-order valence-corrected chi connectivity index (χ3v) is 3.54. The fourth-order valence-electron chi connectivity index (χ4n) is 2.94. The zero-order valence-electron chi connectivity index (χ0n) is 8.63. The highest BCUT2D eigenvalue weighted by atomic mass is 16.6. The molecule has 0 spiro atoms. The average molecular weight is 213 g/mol. The van der Waals surface area contributed by atoms with E-state index in [1.807, 2.05) is 0 Å². The van der Waals surface area contributed by atoms with Crippen molar-refractivity contribution in [2.45, 2.75) is 50.2 Å². The van der Waals surface area contributed by atoms with Crippen LogP contribution in [0.2, 0.25) is 0 Å². The van der Waals surface area contributed by atoms with Crippen LogP contribution in [0.5, 0.6) is 0 Å². The van der Waals surface area contributed by atoms with Gasteiger partial charge in [0.25, 0.3) is 0 Å². The van der Waals surface area contributed by atoms with Gasteiger partial charge < -0.3 is 14.6 Å². The highest BCUT2D eigenvalue weighted by molar-refractivity contribution is 5.70. The Labute approximate surface area is 87.9 Å². The molecule has 5 heteroatoms. The van der Waals surface area contributed by atoms with Crippen LogP contribution in [-0.2, 0) is 9.47 Å². The van der Waals surface area contributed by atoms with Crippen molar-refractivity contribution in [3.63, 3.8) is 0 Å². The van der Waals surface area contributed by atoms with Gasteiger partial charge in [0.05, 0.1) is 24.8 Å². The lowest BCUT2D eigenvalue weighted by atomic mass is 9.99. The van der Waals surface area contributed by atoms with Gasteiger partial charge in [0.15, 0.2) is 0 Å². The molecule has 0 aromatic heterocycles. The van der Waals surface area contributed by atoms with Crippen molar-refractivity contribution >= 4 is 6.09 Å². The molecule has 5 nitrogen and oxygen atoms in total. The number of nitrogens with zero attached hydrogens (tertiary/aromatic N) is 1. The lowest BCUT2D eigenvalue weighted by Crippen LogP contribution is -2.52. The highest BCUT2D eigenvalue weighted by Crippen LogP contribution is 2.48. The van der Waals surface area contributed by atoms with E-state index in [0.29, 0.717) is 19.4 Å². The molecule has 84 valence electrons. The van der Waals surface area contributed by atoms with Crippen LogP contribution in [0.15, 0.2) is 0 Å². The molecular weight excluding hydrogens is 198 g/mol. The van der Waals surface area contributed by atoms with Crippen LogP contribution in [-0.4, -0.2) is 53.1 Å². The number of aliphatic hydroxyl groups excluding tert-OH is 1. The van der Waals surface area contributed by atoms with E-state index >= 15 is 0 Å². The summed E-state index contributed by atoms with van der Waals surface area (Å²) in [6.45, 7) is 2.20. The number of ether oxygens (including phenoxy) is 2. The lowest BCUT2D eigenvalue weighted by Gasteiger charge is -2.38. The van der Waals surface area contributed by atoms with Crippen molar-refractivity contribution < 1.29 is 19.4 Å². The number of morpholine rings is 1. The molecule has 0 aromatic rings. The van der Waals surface area contributed by atoms with E-state index in [9.17, 15) is 9.90 Å². The molecule has 1 amide bonds. The molecule has 0 saturated carbocycles. The van der Waals surface area contributed by atoms with Gasteiger partial charge >= 0.3 is 6.09 Å². The first-order valence-electron chi connectivity index (χ1n) is 5.51. The third kappa shape index (κ3) is 1.26. The summed E-state index contributed by atoms with van der Waals surface area (Å²) in [5.74, 6) is 0. The van der Waals surface area contributed by atoms with Gasteiger partial charge in [0.2, 0.25) is 0 Å². The summed E-state index contributed by atoms with van der Waals surface area (Å²) in [4.78, 5) is 13.5. The van der Waals surface area contributed by atoms with E-state index in [-0.39, 0.29) is 36.5 Å². The van der Waals surface area contributed by atoms with Crippen molar-refractivity contribution in [3.8, 4) is 0 Å². The fraction of sp³-hybridized carbons (Fsp3) is 0.900. The van der Waals surface area contributed by atoms with E-state index in [2.05, 4.69) is 0 Å². The van der Waals surface area contributed by atoms with Crippen molar-refractivity contribution in [2.75, 3.05) is 6.61 Å². The largest absolute Gasteiger partial charge is 0.450 e. The number of carbonyl (C=O) groups is 1. The molecule has 5 atom stereocenters.